The Morgan fingerprint density at radius 3 is 2.67 bits per heavy atom. The first-order valence-corrected chi connectivity index (χ1v) is 9.95. The van der Waals surface area contributed by atoms with Gasteiger partial charge in [0.1, 0.15) is 0 Å². The number of aromatic nitrogens is 2. The maximum atomic E-state index is 11.9. The monoisotopic (exact) mass is 389 g/mol. The molecule has 2 aromatic heterocycles. The second-order valence-corrected chi connectivity index (χ2v) is 7.62. The van der Waals surface area contributed by atoms with E-state index in [2.05, 4.69) is 38.6 Å². The Morgan fingerprint density at radius 2 is 2.04 bits per heavy atom. The fraction of sp³-hybridized carbons (Fsp3) is 0.474. The van der Waals surface area contributed by atoms with Crippen molar-refractivity contribution in [2.75, 3.05) is 52.3 Å². The molecule has 1 saturated heterocycles. The smallest absolute Gasteiger partial charge is 0.252 e. The third-order valence-corrected chi connectivity index (χ3v) is 5.76. The minimum absolute atomic E-state index is 0.0785. The number of amides is 1. The molecule has 0 aromatic carbocycles. The van der Waals surface area contributed by atoms with E-state index in [1.807, 2.05) is 24.5 Å². The van der Waals surface area contributed by atoms with Gasteiger partial charge in [-0.1, -0.05) is 11.8 Å². The van der Waals surface area contributed by atoms with Crippen LogP contribution < -0.4 is 15.0 Å². The number of rotatable bonds is 6. The molecule has 0 aliphatic carbocycles. The molecule has 27 heavy (non-hydrogen) atoms. The number of ether oxygens (including phenoxy) is 1. The Balaban J connectivity index is 1.82. The molecule has 1 aliphatic heterocycles. The Hall–Kier alpha value is -2.19. The van der Waals surface area contributed by atoms with E-state index >= 15 is 0 Å². The zero-order chi connectivity index (χ0) is 19.4. The summed E-state index contributed by atoms with van der Waals surface area (Å²) in [5, 5.41) is 3.68. The number of aryl methyl sites for hydroxylation is 1. The van der Waals surface area contributed by atoms with Crippen molar-refractivity contribution >= 4 is 23.5 Å². The van der Waals surface area contributed by atoms with Gasteiger partial charge in [0.15, 0.2) is 11.6 Å². The normalized spacial score (nSPS) is 15.0. The summed E-state index contributed by atoms with van der Waals surface area (Å²) in [6.07, 6.45) is 3.76. The Morgan fingerprint density at radius 1 is 1.30 bits per heavy atom. The molecule has 2 aromatic rings. The summed E-state index contributed by atoms with van der Waals surface area (Å²) in [6.45, 7) is 6.79. The van der Waals surface area contributed by atoms with Crippen LogP contribution in [0.5, 0.6) is 5.75 Å². The maximum absolute atomic E-state index is 11.9. The Labute approximate surface area is 164 Å². The van der Waals surface area contributed by atoms with E-state index in [1.165, 1.54) is 0 Å². The molecule has 8 heteroatoms. The van der Waals surface area contributed by atoms with Crippen molar-refractivity contribution in [1.29, 1.82) is 0 Å². The van der Waals surface area contributed by atoms with Gasteiger partial charge in [0.25, 0.3) is 5.91 Å². The molecular weight excluding hydrogens is 362 g/mol. The molecule has 146 valence electrons. The number of hydrogen-bond donors (Lipinski definition) is 1. The third-order valence-electron chi connectivity index (χ3n) is 4.74. The van der Waals surface area contributed by atoms with Crippen LogP contribution in [0.2, 0.25) is 0 Å². The van der Waals surface area contributed by atoms with E-state index in [4.69, 9.17) is 4.74 Å². The van der Waals surface area contributed by atoms with Gasteiger partial charge in [0.05, 0.1) is 17.7 Å². The molecule has 1 aliphatic rings. The first kappa shape index (κ1) is 19.6. The lowest BCUT2D eigenvalue weighted by Gasteiger charge is -2.33. The van der Waals surface area contributed by atoms with Crippen molar-refractivity contribution in [2.24, 2.45) is 0 Å². The quantitative estimate of drug-likeness (QED) is 0.817. The van der Waals surface area contributed by atoms with Gasteiger partial charge in [-0.15, -0.1) is 0 Å². The topological polar surface area (TPSA) is 62.6 Å². The largest absolute Gasteiger partial charge is 0.493 e. The van der Waals surface area contributed by atoms with Crippen LogP contribution in [0.25, 0.3) is 0 Å². The van der Waals surface area contributed by atoms with Gasteiger partial charge in [0, 0.05) is 57.1 Å². The highest BCUT2D eigenvalue weighted by Gasteiger charge is 2.20. The van der Waals surface area contributed by atoms with Crippen molar-refractivity contribution in [1.82, 2.24) is 19.8 Å². The van der Waals surface area contributed by atoms with Crippen LogP contribution >= 0.6 is 11.8 Å². The van der Waals surface area contributed by atoms with Gasteiger partial charge >= 0.3 is 0 Å². The molecule has 0 unspecified atom stereocenters. The van der Waals surface area contributed by atoms with Crippen LogP contribution in [0.3, 0.4) is 0 Å². The number of methoxy groups -OCH3 is 1. The van der Waals surface area contributed by atoms with Gasteiger partial charge in [-0.2, -0.15) is 0 Å². The molecule has 3 rings (SSSR count). The zero-order valence-electron chi connectivity index (χ0n) is 16.4. The van der Waals surface area contributed by atoms with Gasteiger partial charge in [0.2, 0.25) is 0 Å². The van der Waals surface area contributed by atoms with Gasteiger partial charge < -0.3 is 24.4 Å². The number of likely N-dealkylation sites (N-methyl/N-ethyl adjacent to an activating group) is 1. The number of anilines is 1. The summed E-state index contributed by atoms with van der Waals surface area (Å²) in [7, 11) is 5.46. The number of nitrogens with one attached hydrogen (secondary N) is 1. The highest BCUT2D eigenvalue weighted by atomic mass is 32.2. The minimum atomic E-state index is -0.0785. The second kappa shape index (κ2) is 8.67. The molecule has 0 spiro atoms. The predicted octanol–water partition coefficient (Wildman–Crippen LogP) is 2.17. The Bertz CT molecular complexity index is 799. The maximum Gasteiger partial charge on any atom is 0.252 e. The summed E-state index contributed by atoms with van der Waals surface area (Å²) in [5.41, 5.74) is 0.663. The van der Waals surface area contributed by atoms with Crippen LogP contribution in [0.15, 0.2) is 34.4 Å². The molecule has 1 N–H and O–H groups in total. The summed E-state index contributed by atoms with van der Waals surface area (Å²) in [4.78, 5) is 22.2. The number of nitrogens with zero attached hydrogens (tertiary/aromatic N) is 4. The molecule has 7 nitrogen and oxygen atoms in total. The van der Waals surface area contributed by atoms with E-state index in [9.17, 15) is 4.79 Å². The molecule has 0 atom stereocenters. The number of carbonyl (C=O) groups excluding carboxylic acids is 1. The number of carbonyl (C=O) groups is 1. The van der Waals surface area contributed by atoms with Gasteiger partial charge in [-0.3, -0.25) is 4.79 Å². The fourth-order valence-corrected chi connectivity index (χ4v) is 4.09. The lowest BCUT2D eigenvalue weighted by Crippen LogP contribution is -2.44. The molecule has 0 radical (unpaired) electrons. The van der Waals surface area contributed by atoms with Crippen LogP contribution in [-0.2, 0) is 6.54 Å². The SMILES string of the molecule is CCn1cc(C(=O)NC)cc1Sc1cnc(N2CCN(C)CC2)c(OC)c1. The van der Waals surface area contributed by atoms with Gasteiger partial charge in [-0.05, 0) is 26.1 Å². The molecule has 0 bridgehead atoms. The molecular formula is C19H27N5O2S. The van der Waals surface area contributed by atoms with Gasteiger partial charge in [-0.25, -0.2) is 4.98 Å². The summed E-state index contributed by atoms with van der Waals surface area (Å²) in [5.74, 6) is 1.60. The summed E-state index contributed by atoms with van der Waals surface area (Å²) in [6, 6.07) is 3.94. The second-order valence-electron chi connectivity index (χ2n) is 6.52. The lowest BCUT2D eigenvalue weighted by atomic mass is 10.3. The number of piperazine rings is 1. The van der Waals surface area contributed by atoms with Crippen LogP contribution in [0, 0.1) is 0 Å². The molecule has 1 fully saturated rings. The van der Waals surface area contributed by atoms with E-state index in [-0.39, 0.29) is 5.91 Å². The number of hydrogen-bond acceptors (Lipinski definition) is 6. The van der Waals surface area contributed by atoms with Crippen molar-refractivity contribution < 1.29 is 9.53 Å². The zero-order valence-corrected chi connectivity index (χ0v) is 17.2. The standard InChI is InChI=1S/C19H27N5O2S/c1-5-23-13-14(19(25)20-2)10-17(23)27-15-11-16(26-4)18(21-12-15)24-8-6-22(3)7-9-24/h10-13H,5-9H2,1-4H3,(H,20,25). The fourth-order valence-electron chi connectivity index (χ4n) is 3.09. The van der Waals surface area contributed by atoms with Crippen molar-refractivity contribution in [3.8, 4) is 5.75 Å². The van der Waals surface area contributed by atoms with E-state index in [0.29, 0.717) is 5.56 Å². The van der Waals surface area contributed by atoms with Crippen molar-refractivity contribution in [3.63, 3.8) is 0 Å². The lowest BCUT2D eigenvalue weighted by molar-refractivity contribution is 0.0963. The van der Waals surface area contributed by atoms with E-state index in [1.54, 1.807) is 25.9 Å². The highest BCUT2D eigenvalue weighted by molar-refractivity contribution is 7.99. The minimum Gasteiger partial charge on any atom is -0.493 e. The average molecular weight is 390 g/mol. The predicted molar refractivity (Wildman–Crippen MR) is 108 cm³/mol. The van der Waals surface area contributed by atoms with Crippen LogP contribution in [0.4, 0.5) is 5.82 Å². The molecule has 3 heterocycles. The Kier molecular flexibility index (Phi) is 6.28. The number of pyridine rings is 1. The average Bonchev–Trinajstić information content (AvgIpc) is 3.10. The van der Waals surface area contributed by atoms with E-state index < -0.39 is 0 Å². The first-order valence-electron chi connectivity index (χ1n) is 9.13. The third kappa shape index (κ3) is 4.39. The summed E-state index contributed by atoms with van der Waals surface area (Å²) < 4.78 is 7.68. The van der Waals surface area contributed by atoms with Crippen molar-refractivity contribution in [3.05, 3.63) is 30.1 Å². The van der Waals surface area contributed by atoms with Crippen LogP contribution in [0.1, 0.15) is 17.3 Å². The highest BCUT2D eigenvalue weighted by Crippen LogP contribution is 2.35. The van der Waals surface area contributed by atoms with Crippen molar-refractivity contribution in [2.45, 2.75) is 23.4 Å². The molecule has 0 saturated carbocycles. The summed E-state index contributed by atoms with van der Waals surface area (Å²) >= 11 is 1.59. The van der Waals surface area contributed by atoms with E-state index in [0.717, 1.165) is 54.2 Å². The van der Waals surface area contributed by atoms with Crippen LogP contribution in [-0.4, -0.2) is 67.7 Å². The molecule has 1 amide bonds. The first-order chi connectivity index (χ1) is 13.0.